The maximum Gasteiger partial charge on any atom is 0.0792 e. The van der Waals surface area contributed by atoms with Crippen LogP contribution in [0, 0.1) is 5.92 Å². The Morgan fingerprint density at radius 1 is 1.21 bits per heavy atom. The number of hydrogen-bond donors (Lipinski definition) is 2. The number of aliphatic hydroxyl groups is 1. The Balaban J connectivity index is 2.66. The summed E-state index contributed by atoms with van der Waals surface area (Å²) in [7, 11) is 0. The average Bonchev–Trinajstić information content (AvgIpc) is 2.17. The summed E-state index contributed by atoms with van der Waals surface area (Å²) in [6, 6.07) is 7.85. The highest BCUT2D eigenvalue weighted by atomic mass is 16.3. The predicted molar refractivity (Wildman–Crippen MR) is 58.7 cm³/mol. The zero-order chi connectivity index (χ0) is 10.6. The van der Waals surface area contributed by atoms with E-state index in [2.05, 4.69) is 13.8 Å². The zero-order valence-electron chi connectivity index (χ0n) is 8.90. The highest BCUT2D eigenvalue weighted by molar-refractivity contribution is 5.23. The van der Waals surface area contributed by atoms with Gasteiger partial charge in [-0.25, -0.2) is 0 Å². The summed E-state index contributed by atoms with van der Waals surface area (Å²) in [6.07, 6.45) is 0.462. The lowest BCUT2D eigenvalue weighted by Gasteiger charge is -2.13. The lowest BCUT2D eigenvalue weighted by Crippen LogP contribution is -2.02. The number of rotatable bonds is 4. The van der Waals surface area contributed by atoms with Crippen molar-refractivity contribution in [3.8, 4) is 0 Å². The fourth-order valence-corrected chi connectivity index (χ4v) is 1.46. The first-order chi connectivity index (χ1) is 6.63. The minimum absolute atomic E-state index is 0.346. The third kappa shape index (κ3) is 3.13. The number of nitrogens with two attached hydrogens (primary N) is 1. The van der Waals surface area contributed by atoms with Gasteiger partial charge in [-0.15, -0.1) is 0 Å². The highest BCUT2D eigenvalue weighted by Crippen LogP contribution is 2.20. The summed E-state index contributed by atoms with van der Waals surface area (Å²) in [5.41, 5.74) is 7.58. The van der Waals surface area contributed by atoms with Gasteiger partial charge in [0.2, 0.25) is 0 Å². The normalized spacial score (nSPS) is 13.2. The van der Waals surface area contributed by atoms with Gasteiger partial charge < -0.3 is 10.8 Å². The van der Waals surface area contributed by atoms with Gasteiger partial charge in [-0.3, -0.25) is 0 Å². The Hall–Kier alpha value is -0.860. The number of aliphatic hydroxyl groups excluding tert-OH is 1. The number of hydrogen-bond acceptors (Lipinski definition) is 2. The Morgan fingerprint density at radius 3 is 2.21 bits per heavy atom. The van der Waals surface area contributed by atoms with Gasteiger partial charge in [-0.05, 0) is 23.5 Å². The van der Waals surface area contributed by atoms with Crippen molar-refractivity contribution >= 4 is 0 Å². The third-order valence-electron chi connectivity index (χ3n) is 2.29. The van der Waals surface area contributed by atoms with Gasteiger partial charge in [-0.2, -0.15) is 0 Å². The third-order valence-corrected chi connectivity index (χ3v) is 2.29. The van der Waals surface area contributed by atoms with Crippen molar-refractivity contribution in [2.45, 2.75) is 32.9 Å². The first kappa shape index (κ1) is 11.2. The summed E-state index contributed by atoms with van der Waals surface area (Å²) >= 11 is 0. The molecule has 0 radical (unpaired) electrons. The van der Waals surface area contributed by atoms with E-state index in [9.17, 15) is 5.11 Å². The van der Waals surface area contributed by atoms with Gasteiger partial charge in [0.05, 0.1) is 6.10 Å². The summed E-state index contributed by atoms with van der Waals surface area (Å²) in [6.45, 7) is 4.77. The van der Waals surface area contributed by atoms with Gasteiger partial charge in [0, 0.05) is 6.54 Å². The maximum atomic E-state index is 9.82. The summed E-state index contributed by atoms with van der Waals surface area (Å²) in [5.74, 6) is 0.513. The Morgan fingerprint density at radius 2 is 1.79 bits per heavy atom. The molecule has 0 spiro atoms. The lowest BCUT2D eigenvalue weighted by atomic mass is 9.99. The average molecular weight is 193 g/mol. The molecule has 0 saturated heterocycles. The Labute approximate surface area is 85.8 Å². The van der Waals surface area contributed by atoms with E-state index < -0.39 is 0 Å². The van der Waals surface area contributed by atoms with Crippen molar-refractivity contribution in [2.24, 2.45) is 11.7 Å². The second-order valence-electron chi connectivity index (χ2n) is 4.09. The van der Waals surface area contributed by atoms with E-state index in [4.69, 9.17) is 5.73 Å². The van der Waals surface area contributed by atoms with Gasteiger partial charge >= 0.3 is 0 Å². The molecule has 0 aliphatic carbocycles. The summed E-state index contributed by atoms with van der Waals surface area (Å²) in [5, 5.41) is 9.82. The molecule has 0 aromatic heterocycles. The van der Waals surface area contributed by atoms with Gasteiger partial charge in [-0.1, -0.05) is 38.1 Å². The number of benzene rings is 1. The van der Waals surface area contributed by atoms with E-state index in [-0.39, 0.29) is 6.10 Å². The molecule has 0 aliphatic heterocycles. The summed E-state index contributed by atoms with van der Waals surface area (Å²) in [4.78, 5) is 0. The van der Waals surface area contributed by atoms with Crippen molar-refractivity contribution in [1.29, 1.82) is 0 Å². The monoisotopic (exact) mass is 193 g/mol. The van der Waals surface area contributed by atoms with Crippen LogP contribution in [0.4, 0.5) is 0 Å². The molecule has 0 fully saturated rings. The molecule has 3 N–H and O–H groups in total. The fourth-order valence-electron chi connectivity index (χ4n) is 1.46. The molecular weight excluding hydrogens is 174 g/mol. The molecule has 0 bridgehead atoms. The molecule has 1 unspecified atom stereocenters. The molecule has 2 heteroatoms. The molecule has 1 atom stereocenters. The van der Waals surface area contributed by atoms with Gasteiger partial charge in [0.1, 0.15) is 0 Å². The van der Waals surface area contributed by atoms with Crippen molar-refractivity contribution < 1.29 is 5.11 Å². The molecule has 1 aromatic rings. The van der Waals surface area contributed by atoms with Crippen LogP contribution in [-0.2, 0) is 6.54 Å². The molecule has 0 heterocycles. The minimum Gasteiger partial charge on any atom is -0.388 e. The van der Waals surface area contributed by atoms with Crippen molar-refractivity contribution in [2.75, 3.05) is 0 Å². The first-order valence-corrected chi connectivity index (χ1v) is 5.10. The van der Waals surface area contributed by atoms with Crippen LogP contribution in [0.5, 0.6) is 0 Å². The SMILES string of the molecule is CC(C)CC(O)c1ccc(CN)cc1. The van der Waals surface area contributed by atoms with E-state index >= 15 is 0 Å². The van der Waals surface area contributed by atoms with Gasteiger partial charge in [0.25, 0.3) is 0 Å². The molecular formula is C12H19NO. The topological polar surface area (TPSA) is 46.2 Å². The largest absolute Gasteiger partial charge is 0.388 e. The molecule has 78 valence electrons. The fraction of sp³-hybridized carbons (Fsp3) is 0.500. The van der Waals surface area contributed by atoms with Crippen LogP contribution in [0.3, 0.4) is 0 Å². The second-order valence-corrected chi connectivity index (χ2v) is 4.09. The van der Waals surface area contributed by atoms with Gasteiger partial charge in [0.15, 0.2) is 0 Å². The highest BCUT2D eigenvalue weighted by Gasteiger charge is 2.08. The molecule has 0 saturated carbocycles. The van der Waals surface area contributed by atoms with Crippen molar-refractivity contribution in [1.82, 2.24) is 0 Å². The van der Waals surface area contributed by atoms with E-state index in [1.807, 2.05) is 24.3 Å². The first-order valence-electron chi connectivity index (χ1n) is 5.10. The molecule has 2 nitrogen and oxygen atoms in total. The van der Waals surface area contributed by atoms with Crippen LogP contribution >= 0.6 is 0 Å². The molecule has 1 rings (SSSR count). The predicted octanol–water partition coefficient (Wildman–Crippen LogP) is 2.22. The van der Waals surface area contributed by atoms with Crippen LogP contribution in [0.25, 0.3) is 0 Å². The minimum atomic E-state index is -0.346. The molecule has 0 aliphatic rings. The molecule has 0 amide bonds. The summed E-state index contributed by atoms with van der Waals surface area (Å²) < 4.78 is 0. The Kier molecular flexibility index (Phi) is 4.11. The zero-order valence-corrected chi connectivity index (χ0v) is 8.90. The molecule has 1 aromatic carbocycles. The van der Waals surface area contributed by atoms with E-state index in [1.54, 1.807) is 0 Å². The standard InChI is InChI=1S/C12H19NO/c1-9(2)7-12(14)11-5-3-10(8-13)4-6-11/h3-6,9,12,14H,7-8,13H2,1-2H3. The smallest absolute Gasteiger partial charge is 0.0792 e. The van der Waals surface area contributed by atoms with E-state index in [1.165, 1.54) is 0 Å². The molecule has 14 heavy (non-hydrogen) atoms. The second kappa shape index (κ2) is 5.13. The van der Waals surface area contributed by atoms with Crippen LogP contribution < -0.4 is 5.73 Å². The van der Waals surface area contributed by atoms with Crippen LogP contribution in [0.1, 0.15) is 37.5 Å². The maximum absolute atomic E-state index is 9.82. The van der Waals surface area contributed by atoms with Crippen LogP contribution in [0.15, 0.2) is 24.3 Å². The van der Waals surface area contributed by atoms with E-state index in [0.29, 0.717) is 12.5 Å². The van der Waals surface area contributed by atoms with Crippen LogP contribution in [-0.4, -0.2) is 5.11 Å². The lowest BCUT2D eigenvalue weighted by molar-refractivity contribution is 0.151. The van der Waals surface area contributed by atoms with Crippen molar-refractivity contribution in [3.05, 3.63) is 35.4 Å². The van der Waals surface area contributed by atoms with Crippen molar-refractivity contribution in [3.63, 3.8) is 0 Å². The van der Waals surface area contributed by atoms with E-state index in [0.717, 1.165) is 17.5 Å². The quantitative estimate of drug-likeness (QED) is 0.770. The Bertz CT molecular complexity index is 266. The van der Waals surface area contributed by atoms with Crippen LogP contribution in [0.2, 0.25) is 0 Å².